The summed E-state index contributed by atoms with van der Waals surface area (Å²) >= 11 is 3.37. The molecule has 0 aromatic heterocycles. The highest BCUT2D eigenvalue weighted by atomic mass is 79.9. The van der Waals surface area contributed by atoms with E-state index in [2.05, 4.69) is 61.7 Å². The number of nitrogens with zero attached hydrogens (tertiary/aromatic N) is 2. The summed E-state index contributed by atoms with van der Waals surface area (Å²) in [6, 6.07) is 21.7. The number of hydrogen-bond acceptors (Lipinski definition) is 4. The molecule has 0 radical (unpaired) electrons. The minimum Gasteiger partial charge on any atom is -0.496 e. The molecule has 1 amide bonds. The number of methoxy groups -OCH3 is 1. The fourth-order valence-corrected chi connectivity index (χ4v) is 4.24. The van der Waals surface area contributed by atoms with Gasteiger partial charge in [-0.3, -0.25) is 4.79 Å². The zero-order chi connectivity index (χ0) is 21.6. The maximum atomic E-state index is 12.3. The Balaban J connectivity index is 1.49. The first kappa shape index (κ1) is 21.1. The van der Waals surface area contributed by atoms with Crippen molar-refractivity contribution in [3.8, 4) is 5.75 Å². The van der Waals surface area contributed by atoms with E-state index in [1.165, 1.54) is 11.3 Å². The third kappa shape index (κ3) is 5.14. The van der Waals surface area contributed by atoms with Gasteiger partial charge in [-0.25, -0.2) is 5.43 Å². The number of rotatable bonds is 6. The number of carbonyl (C=O) groups excluding carboxylic acids is 1. The van der Waals surface area contributed by atoms with Gasteiger partial charge in [-0.15, -0.1) is 0 Å². The minimum absolute atomic E-state index is 0.254. The minimum atomic E-state index is -0.254. The van der Waals surface area contributed by atoms with Gasteiger partial charge in [0.15, 0.2) is 0 Å². The molecule has 31 heavy (non-hydrogen) atoms. The van der Waals surface area contributed by atoms with Crippen LogP contribution in [0, 0.1) is 0 Å². The normalized spacial score (nSPS) is 13.2. The number of nitrogens with one attached hydrogen (secondary N) is 1. The van der Waals surface area contributed by atoms with Gasteiger partial charge in [0.05, 0.1) is 13.3 Å². The van der Waals surface area contributed by atoms with E-state index in [1.807, 2.05) is 24.3 Å². The molecular weight excluding hydrogens is 454 g/mol. The van der Waals surface area contributed by atoms with Gasteiger partial charge >= 0.3 is 0 Å². The van der Waals surface area contributed by atoms with Gasteiger partial charge < -0.3 is 9.64 Å². The quantitative estimate of drug-likeness (QED) is 0.393. The second-order valence-corrected chi connectivity index (χ2v) is 8.35. The van der Waals surface area contributed by atoms with Gasteiger partial charge in [-0.05, 0) is 66.4 Å². The third-order valence-corrected chi connectivity index (χ3v) is 5.83. The van der Waals surface area contributed by atoms with Crippen LogP contribution in [-0.4, -0.2) is 25.8 Å². The summed E-state index contributed by atoms with van der Waals surface area (Å²) in [5.74, 6) is 0.592. The lowest BCUT2D eigenvalue weighted by Crippen LogP contribution is -2.29. The second-order valence-electron chi connectivity index (χ2n) is 7.43. The van der Waals surface area contributed by atoms with Crippen LogP contribution in [-0.2, 0) is 13.0 Å². The largest absolute Gasteiger partial charge is 0.496 e. The monoisotopic (exact) mass is 477 g/mol. The van der Waals surface area contributed by atoms with Crippen LogP contribution in [0.15, 0.2) is 76.3 Å². The predicted molar refractivity (Wildman–Crippen MR) is 128 cm³/mol. The number of carbonyl (C=O) groups is 1. The van der Waals surface area contributed by atoms with Crippen molar-refractivity contribution in [1.29, 1.82) is 0 Å². The lowest BCUT2D eigenvalue weighted by molar-refractivity contribution is 0.0955. The number of para-hydroxylation sites is 1. The maximum Gasteiger partial charge on any atom is 0.271 e. The maximum absolute atomic E-state index is 12.3. The summed E-state index contributed by atoms with van der Waals surface area (Å²) in [5, 5.41) is 4.13. The molecule has 3 aromatic carbocycles. The van der Waals surface area contributed by atoms with Crippen LogP contribution in [0.25, 0.3) is 0 Å². The zero-order valence-corrected chi connectivity index (χ0v) is 18.9. The Labute approximate surface area is 190 Å². The molecule has 158 valence electrons. The SMILES string of the molecule is COc1ccc(C=NNC(=O)c2cccc(Br)c2)cc1CN1CCCc2ccccc21. The molecule has 0 saturated carbocycles. The van der Waals surface area contributed by atoms with Crippen LogP contribution in [0.4, 0.5) is 5.69 Å². The summed E-state index contributed by atoms with van der Waals surface area (Å²) in [6.07, 6.45) is 3.92. The molecule has 0 aliphatic carbocycles. The molecule has 4 rings (SSSR count). The summed E-state index contributed by atoms with van der Waals surface area (Å²) < 4.78 is 6.45. The average Bonchev–Trinajstić information content (AvgIpc) is 2.79. The van der Waals surface area contributed by atoms with Crippen molar-refractivity contribution >= 4 is 33.7 Å². The van der Waals surface area contributed by atoms with Crippen molar-refractivity contribution in [2.24, 2.45) is 5.10 Å². The van der Waals surface area contributed by atoms with E-state index in [4.69, 9.17) is 4.74 Å². The molecule has 0 fully saturated rings. The number of hydrazone groups is 1. The molecule has 0 atom stereocenters. The summed E-state index contributed by atoms with van der Waals surface area (Å²) in [7, 11) is 1.69. The molecule has 1 N–H and O–H groups in total. The second kappa shape index (κ2) is 9.79. The summed E-state index contributed by atoms with van der Waals surface area (Å²) in [6.45, 7) is 1.77. The number of halogens is 1. The van der Waals surface area contributed by atoms with E-state index < -0.39 is 0 Å². The van der Waals surface area contributed by atoms with Crippen molar-refractivity contribution < 1.29 is 9.53 Å². The van der Waals surface area contributed by atoms with Gasteiger partial charge in [-0.2, -0.15) is 5.10 Å². The topological polar surface area (TPSA) is 53.9 Å². The smallest absolute Gasteiger partial charge is 0.271 e. The standard InChI is InChI=1S/C25H24BrN3O2/c1-31-24-12-11-18(16-27-28-25(30)20-7-4-9-22(26)15-20)14-21(24)17-29-13-5-8-19-6-2-3-10-23(19)29/h2-4,6-7,9-12,14-16H,5,8,13,17H2,1H3,(H,28,30). The van der Waals surface area contributed by atoms with Crippen molar-refractivity contribution in [1.82, 2.24) is 5.43 Å². The van der Waals surface area contributed by atoms with Crippen molar-refractivity contribution in [2.45, 2.75) is 19.4 Å². The number of hydrogen-bond donors (Lipinski definition) is 1. The molecule has 1 heterocycles. The molecule has 0 spiro atoms. The van der Waals surface area contributed by atoms with Gasteiger partial charge in [-0.1, -0.05) is 40.2 Å². The zero-order valence-electron chi connectivity index (χ0n) is 17.3. The van der Waals surface area contributed by atoms with E-state index in [0.717, 1.165) is 47.3 Å². The molecule has 6 heteroatoms. The fourth-order valence-electron chi connectivity index (χ4n) is 3.84. The summed E-state index contributed by atoms with van der Waals surface area (Å²) in [4.78, 5) is 14.7. The lowest BCUT2D eigenvalue weighted by atomic mass is 10.0. The third-order valence-electron chi connectivity index (χ3n) is 5.34. The lowest BCUT2D eigenvalue weighted by Gasteiger charge is -2.31. The number of ether oxygens (including phenoxy) is 1. The van der Waals surface area contributed by atoms with Crippen molar-refractivity contribution in [3.05, 3.63) is 93.5 Å². The molecule has 3 aromatic rings. The predicted octanol–water partition coefficient (Wildman–Crippen LogP) is 5.17. The highest BCUT2D eigenvalue weighted by molar-refractivity contribution is 9.10. The first-order valence-corrected chi connectivity index (χ1v) is 11.0. The van der Waals surface area contributed by atoms with Gasteiger partial charge in [0.2, 0.25) is 0 Å². The van der Waals surface area contributed by atoms with Crippen molar-refractivity contribution in [3.63, 3.8) is 0 Å². The van der Waals surface area contributed by atoms with E-state index in [9.17, 15) is 4.79 Å². The van der Waals surface area contributed by atoms with Crippen LogP contribution in [0.5, 0.6) is 5.75 Å². The van der Waals surface area contributed by atoms with E-state index in [-0.39, 0.29) is 5.91 Å². The van der Waals surface area contributed by atoms with Crippen molar-refractivity contribution in [2.75, 3.05) is 18.6 Å². The molecule has 1 aliphatic heterocycles. The number of aryl methyl sites for hydroxylation is 1. The Morgan fingerprint density at radius 1 is 1.16 bits per heavy atom. The fraction of sp³-hybridized carbons (Fsp3) is 0.200. The Morgan fingerprint density at radius 2 is 2.03 bits per heavy atom. The van der Waals surface area contributed by atoms with E-state index in [1.54, 1.807) is 25.5 Å². The Morgan fingerprint density at radius 3 is 2.87 bits per heavy atom. The van der Waals surface area contributed by atoms with Crippen LogP contribution < -0.4 is 15.1 Å². The van der Waals surface area contributed by atoms with Crippen LogP contribution in [0.2, 0.25) is 0 Å². The molecular formula is C25H24BrN3O2. The first-order valence-electron chi connectivity index (χ1n) is 10.2. The summed E-state index contributed by atoms with van der Waals surface area (Å²) in [5.41, 5.74) is 7.79. The molecule has 1 aliphatic rings. The van der Waals surface area contributed by atoms with Crippen LogP contribution in [0.1, 0.15) is 33.5 Å². The van der Waals surface area contributed by atoms with Crippen LogP contribution >= 0.6 is 15.9 Å². The Bertz CT molecular complexity index is 1110. The number of fused-ring (bicyclic) bond motifs is 1. The Hall–Kier alpha value is -3.12. The van der Waals surface area contributed by atoms with Crippen LogP contribution in [0.3, 0.4) is 0 Å². The Kier molecular flexibility index (Phi) is 6.67. The number of amides is 1. The highest BCUT2D eigenvalue weighted by Crippen LogP contribution is 2.30. The molecule has 0 unspecified atom stereocenters. The molecule has 0 bridgehead atoms. The van der Waals surface area contributed by atoms with Gasteiger partial charge in [0, 0.05) is 34.4 Å². The van der Waals surface area contributed by atoms with Gasteiger partial charge in [0.1, 0.15) is 5.75 Å². The molecule has 5 nitrogen and oxygen atoms in total. The van der Waals surface area contributed by atoms with E-state index in [0.29, 0.717) is 5.56 Å². The highest BCUT2D eigenvalue weighted by Gasteiger charge is 2.18. The number of anilines is 1. The average molecular weight is 478 g/mol. The van der Waals surface area contributed by atoms with Gasteiger partial charge in [0.25, 0.3) is 5.91 Å². The van der Waals surface area contributed by atoms with E-state index >= 15 is 0 Å². The number of benzene rings is 3. The first-order chi connectivity index (χ1) is 15.1. The molecule has 0 saturated heterocycles.